The zero-order chi connectivity index (χ0) is 32.2. The van der Waals surface area contributed by atoms with Gasteiger partial charge in [0.15, 0.2) is 0 Å². The van der Waals surface area contributed by atoms with Gasteiger partial charge < -0.3 is 54.5 Å². The third-order valence-electron chi connectivity index (χ3n) is 14.1. The fourth-order valence-electron chi connectivity index (χ4n) is 14.0. The van der Waals surface area contributed by atoms with Gasteiger partial charge in [-0.1, -0.05) is 154 Å². The minimum absolute atomic E-state index is 0. The van der Waals surface area contributed by atoms with Crippen molar-refractivity contribution >= 4 is 16.5 Å². The second-order valence-corrected chi connectivity index (χ2v) is 29.1. The molecule has 6 aliphatic carbocycles. The smallest absolute Gasteiger partial charge is 0.660 e. The van der Waals surface area contributed by atoms with Gasteiger partial charge in [-0.25, -0.2) is 0 Å². The number of rotatable bonds is 4. The van der Waals surface area contributed by atoms with Crippen molar-refractivity contribution in [3.8, 4) is 0 Å². The molecule has 0 aliphatic heterocycles. The van der Waals surface area contributed by atoms with Gasteiger partial charge in [-0.3, -0.25) is 0 Å². The fourth-order valence-corrected chi connectivity index (χ4v) is 23.7. The first-order chi connectivity index (χ1) is 20.4. The van der Waals surface area contributed by atoms with Crippen LogP contribution in [-0.2, 0) is 43.4 Å². The van der Waals surface area contributed by atoms with E-state index in [9.17, 15) is 0 Å². The van der Waals surface area contributed by atoms with Crippen LogP contribution in [0.5, 0.6) is 0 Å². The van der Waals surface area contributed by atoms with Crippen molar-refractivity contribution < 1.29 is 43.4 Å². The van der Waals surface area contributed by atoms with Gasteiger partial charge in [0, 0.05) is 0 Å². The molecule has 304 valence electrons. The summed E-state index contributed by atoms with van der Waals surface area (Å²) < 4.78 is 0. The molecule has 0 aromatic heterocycles. The third-order valence-corrected chi connectivity index (χ3v) is 21.9. The standard InChI is InChI=1S/2C20H38NSi.6CH3.2Ti/c1-14-11-17-12-15-9-7-8-10-16(15)13-18(17)19(14)22(5,6)21-20(2,3)4;1-14-13-18-16-10-8-7-9-15(16)11-12-17(18)19(14)22(5,6)21-20(2,3)4;;;;;;;;/h2*14-19H,7-13H2,1-6H3;6*1H3;;/q8*-1;2*+4. The number of hydrogen-bond donors (Lipinski definition) is 0. The Hall–Kier alpha value is 1.78. The Labute approximate surface area is 364 Å². The van der Waals surface area contributed by atoms with Gasteiger partial charge in [-0.2, -0.15) is 0 Å². The SMILES string of the molecule is CC1CC2C3CCCCC3CCC2C1[Si](C)(C)[N-]C(C)(C)C.CC1CC2CC3CCCCC3CC2C1[Si](C)(C)[N-]C(C)(C)C.[CH3-].[CH3-].[CH3-].[CH3-].[CH3-].[CH3-].[Ti+4].[Ti+4]. The largest absolute Gasteiger partial charge is 4.00 e. The van der Waals surface area contributed by atoms with E-state index in [1.165, 1.54) is 57.8 Å². The van der Waals surface area contributed by atoms with E-state index in [1.54, 1.807) is 32.1 Å². The van der Waals surface area contributed by atoms with Gasteiger partial charge in [0.05, 0.1) is 0 Å². The maximum absolute atomic E-state index is 5.41. The summed E-state index contributed by atoms with van der Waals surface area (Å²) in [6, 6.07) is 0. The van der Waals surface area contributed by atoms with Crippen LogP contribution in [0, 0.1) is 104 Å². The Morgan fingerprint density at radius 3 is 1.29 bits per heavy atom. The van der Waals surface area contributed by atoms with Gasteiger partial charge in [-0.05, 0) is 104 Å². The summed E-state index contributed by atoms with van der Waals surface area (Å²) in [5, 5.41) is 0. The Morgan fingerprint density at radius 2 is 0.808 bits per heavy atom. The first-order valence-electron chi connectivity index (χ1n) is 19.8. The summed E-state index contributed by atoms with van der Waals surface area (Å²) >= 11 is 0. The van der Waals surface area contributed by atoms with Crippen molar-refractivity contribution in [1.29, 1.82) is 0 Å². The van der Waals surface area contributed by atoms with E-state index in [4.69, 9.17) is 9.96 Å². The van der Waals surface area contributed by atoms with Gasteiger partial charge in [0.25, 0.3) is 0 Å². The zero-order valence-electron chi connectivity index (χ0n) is 38.7. The topological polar surface area (TPSA) is 28.2 Å². The molecule has 52 heavy (non-hydrogen) atoms. The van der Waals surface area contributed by atoms with Gasteiger partial charge in [0.1, 0.15) is 0 Å². The first-order valence-corrected chi connectivity index (χ1v) is 25.9. The van der Waals surface area contributed by atoms with Gasteiger partial charge in [-0.15, -0.1) is 11.1 Å². The Bertz CT molecular complexity index is 929. The maximum atomic E-state index is 5.41. The second kappa shape index (κ2) is 23.4. The van der Waals surface area contributed by atoms with Crippen LogP contribution in [0.2, 0.25) is 37.3 Å². The number of hydrogen-bond acceptors (Lipinski definition) is 0. The van der Waals surface area contributed by atoms with Crippen LogP contribution < -0.4 is 0 Å². The van der Waals surface area contributed by atoms with Gasteiger partial charge >= 0.3 is 43.4 Å². The minimum atomic E-state index is -1.51. The molecule has 0 spiro atoms. The number of fused-ring (bicyclic) bond motifs is 5. The predicted molar refractivity (Wildman–Crippen MR) is 238 cm³/mol. The average Bonchev–Trinajstić information content (AvgIpc) is 3.40. The predicted octanol–water partition coefficient (Wildman–Crippen LogP) is 15.9. The van der Waals surface area contributed by atoms with Crippen LogP contribution in [-0.4, -0.2) is 27.5 Å². The van der Waals surface area contributed by atoms with Gasteiger partial charge in [0.2, 0.25) is 0 Å². The van der Waals surface area contributed by atoms with Crippen molar-refractivity contribution in [2.45, 2.75) is 194 Å². The summed E-state index contributed by atoms with van der Waals surface area (Å²) in [4.78, 5) is 10.8. The molecule has 0 aromatic carbocycles. The van der Waals surface area contributed by atoms with Crippen molar-refractivity contribution in [3.63, 3.8) is 0 Å². The van der Waals surface area contributed by atoms with Crippen molar-refractivity contribution in [2.24, 2.45) is 59.2 Å². The second-order valence-electron chi connectivity index (χ2n) is 20.7. The van der Waals surface area contributed by atoms with E-state index in [0.717, 1.165) is 70.3 Å². The van der Waals surface area contributed by atoms with Crippen LogP contribution in [0.3, 0.4) is 0 Å². The summed E-state index contributed by atoms with van der Waals surface area (Å²) in [5.74, 6) is 10.3. The van der Waals surface area contributed by atoms with Crippen LogP contribution >= 0.6 is 0 Å². The molecular formula is C46H94N2Si2Ti2. The molecule has 6 heteroatoms. The molecule has 0 heterocycles. The summed E-state index contributed by atoms with van der Waals surface area (Å²) in [7, 11) is -3.02. The average molecular weight is 827 g/mol. The molecule has 6 saturated carbocycles. The Kier molecular flexibility index (Phi) is 27.2. The summed E-state index contributed by atoms with van der Waals surface area (Å²) in [5.41, 5.74) is 2.18. The first kappa shape index (κ1) is 60.5. The molecule has 0 radical (unpaired) electrons. The number of nitrogens with zero attached hydrogens (tertiary/aromatic N) is 2. The van der Waals surface area contributed by atoms with Crippen LogP contribution in [0.1, 0.15) is 145 Å². The molecular weight excluding hydrogens is 732 g/mol. The monoisotopic (exact) mass is 827 g/mol. The quantitative estimate of drug-likeness (QED) is 0.200. The molecule has 2 nitrogen and oxygen atoms in total. The maximum Gasteiger partial charge on any atom is 4.00 e. The molecule has 6 fully saturated rings. The van der Waals surface area contributed by atoms with E-state index < -0.39 is 16.5 Å². The molecule has 6 aliphatic rings. The van der Waals surface area contributed by atoms with Crippen molar-refractivity contribution in [1.82, 2.24) is 0 Å². The van der Waals surface area contributed by atoms with E-state index in [-0.39, 0.29) is 99.1 Å². The Morgan fingerprint density at radius 1 is 0.404 bits per heavy atom. The van der Waals surface area contributed by atoms with E-state index in [1.807, 2.05) is 0 Å². The fraction of sp³-hybridized carbons (Fsp3) is 0.870. The van der Waals surface area contributed by atoms with Crippen molar-refractivity contribution in [2.75, 3.05) is 0 Å². The van der Waals surface area contributed by atoms with E-state index in [2.05, 4.69) is 81.6 Å². The molecule has 12 unspecified atom stereocenters. The normalized spacial score (nSPS) is 36.2. The molecule has 0 aromatic rings. The molecule has 12 atom stereocenters. The molecule has 0 saturated heterocycles. The summed E-state index contributed by atoms with van der Waals surface area (Å²) in [6.45, 7) is 29.2. The third kappa shape index (κ3) is 14.3. The zero-order valence-corrected chi connectivity index (χ0v) is 43.8. The van der Waals surface area contributed by atoms with Crippen LogP contribution in [0.4, 0.5) is 0 Å². The Balaban J connectivity index is -0.000000384. The minimum Gasteiger partial charge on any atom is -0.660 e. The van der Waals surface area contributed by atoms with Crippen LogP contribution in [0.15, 0.2) is 0 Å². The molecule has 0 amide bonds. The summed E-state index contributed by atoms with van der Waals surface area (Å²) in [6.07, 6.45) is 21.4. The van der Waals surface area contributed by atoms with E-state index >= 15 is 0 Å². The van der Waals surface area contributed by atoms with Crippen LogP contribution in [0.25, 0.3) is 9.96 Å². The van der Waals surface area contributed by atoms with E-state index in [0.29, 0.717) is 0 Å². The molecule has 0 bridgehead atoms. The molecule has 0 N–H and O–H groups in total. The molecule has 6 rings (SSSR count). The van der Waals surface area contributed by atoms with Crippen molar-refractivity contribution in [3.05, 3.63) is 54.5 Å².